The van der Waals surface area contributed by atoms with Gasteiger partial charge < -0.3 is 5.73 Å². The molecule has 1 aromatic carbocycles. The normalized spacial score (nSPS) is 29.2. The fourth-order valence-electron chi connectivity index (χ4n) is 2.03. The zero-order chi connectivity index (χ0) is 11.1. The van der Waals surface area contributed by atoms with Crippen molar-refractivity contribution in [3.63, 3.8) is 0 Å². The van der Waals surface area contributed by atoms with E-state index in [1.807, 2.05) is 31.2 Å². The van der Waals surface area contributed by atoms with Gasteiger partial charge in [0.15, 0.2) is 9.84 Å². The SMILES string of the molecule is Cc1ccc(C2CS(=O)(=O)CC2N)cc1. The number of aryl methyl sites for hydroxylation is 1. The molecule has 2 rings (SSSR count). The van der Waals surface area contributed by atoms with Crippen LogP contribution >= 0.6 is 0 Å². The minimum atomic E-state index is -2.93. The van der Waals surface area contributed by atoms with Crippen molar-refractivity contribution in [2.75, 3.05) is 11.5 Å². The summed E-state index contributed by atoms with van der Waals surface area (Å²) in [6, 6.07) is 7.68. The van der Waals surface area contributed by atoms with Crippen LogP contribution in [0.2, 0.25) is 0 Å². The standard InChI is InChI=1S/C11H15NO2S/c1-8-2-4-9(5-3-8)10-6-15(13,14)7-11(10)12/h2-5,10-11H,6-7,12H2,1H3. The first-order valence-electron chi connectivity index (χ1n) is 5.00. The first kappa shape index (κ1) is 10.6. The molecule has 82 valence electrons. The molecule has 0 aromatic heterocycles. The van der Waals surface area contributed by atoms with E-state index in [4.69, 9.17) is 5.73 Å². The summed E-state index contributed by atoms with van der Waals surface area (Å²) in [7, 11) is -2.93. The second-order valence-electron chi connectivity index (χ2n) is 4.26. The van der Waals surface area contributed by atoms with E-state index in [1.165, 1.54) is 5.56 Å². The molecule has 0 spiro atoms. The Morgan fingerprint density at radius 2 is 1.80 bits per heavy atom. The molecular formula is C11H15NO2S. The fourth-order valence-corrected chi connectivity index (χ4v) is 3.97. The highest BCUT2D eigenvalue weighted by Crippen LogP contribution is 2.28. The van der Waals surface area contributed by atoms with Crippen LogP contribution in [0.4, 0.5) is 0 Å². The van der Waals surface area contributed by atoms with Gasteiger partial charge in [-0.1, -0.05) is 29.8 Å². The lowest BCUT2D eigenvalue weighted by molar-refractivity contribution is 0.601. The van der Waals surface area contributed by atoms with Crippen LogP contribution in [0.15, 0.2) is 24.3 Å². The number of rotatable bonds is 1. The molecule has 0 aliphatic carbocycles. The van der Waals surface area contributed by atoms with E-state index in [2.05, 4.69) is 0 Å². The molecule has 1 saturated heterocycles. The maximum Gasteiger partial charge on any atom is 0.152 e. The lowest BCUT2D eigenvalue weighted by atomic mass is 9.94. The fraction of sp³-hybridized carbons (Fsp3) is 0.455. The van der Waals surface area contributed by atoms with Gasteiger partial charge in [-0.15, -0.1) is 0 Å². The molecule has 15 heavy (non-hydrogen) atoms. The van der Waals surface area contributed by atoms with Gasteiger partial charge in [-0.05, 0) is 12.5 Å². The van der Waals surface area contributed by atoms with Crippen LogP contribution in [0.5, 0.6) is 0 Å². The van der Waals surface area contributed by atoms with Crippen molar-refractivity contribution in [3.05, 3.63) is 35.4 Å². The Hall–Kier alpha value is -0.870. The van der Waals surface area contributed by atoms with Gasteiger partial charge in [-0.3, -0.25) is 0 Å². The number of benzene rings is 1. The van der Waals surface area contributed by atoms with E-state index in [1.54, 1.807) is 0 Å². The van der Waals surface area contributed by atoms with E-state index in [0.717, 1.165) is 5.56 Å². The van der Waals surface area contributed by atoms with E-state index in [-0.39, 0.29) is 23.5 Å². The van der Waals surface area contributed by atoms with Crippen molar-refractivity contribution < 1.29 is 8.42 Å². The number of hydrogen-bond donors (Lipinski definition) is 1. The van der Waals surface area contributed by atoms with Crippen LogP contribution in [-0.4, -0.2) is 26.0 Å². The molecule has 2 N–H and O–H groups in total. The summed E-state index contributed by atoms with van der Waals surface area (Å²) in [5, 5.41) is 0. The minimum absolute atomic E-state index is 0.0319. The Morgan fingerprint density at radius 3 is 2.27 bits per heavy atom. The first-order valence-corrected chi connectivity index (χ1v) is 6.83. The first-order chi connectivity index (χ1) is 6.98. The quantitative estimate of drug-likeness (QED) is 0.770. The van der Waals surface area contributed by atoms with Crippen molar-refractivity contribution in [2.45, 2.75) is 18.9 Å². The van der Waals surface area contributed by atoms with Crippen molar-refractivity contribution >= 4 is 9.84 Å². The van der Waals surface area contributed by atoms with Crippen molar-refractivity contribution in [2.24, 2.45) is 5.73 Å². The zero-order valence-corrected chi connectivity index (χ0v) is 9.50. The second kappa shape index (κ2) is 3.61. The highest BCUT2D eigenvalue weighted by atomic mass is 32.2. The van der Waals surface area contributed by atoms with E-state index >= 15 is 0 Å². The number of nitrogens with two attached hydrogens (primary N) is 1. The van der Waals surface area contributed by atoms with Crippen LogP contribution in [0, 0.1) is 6.92 Å². The third-order valence-electron chi connectivity index (χ3n) is 2.90. The Morgan fingerprint density at radius 1 is 1.20 bits per heavy atom. The summed E-state index contributed by atoms with van der Waals surface area (Å²) < 4.78 is 22.8. The van der Waals surface area contributed by atoms with Gasteiger partial charge in [-0.2, -0.15) is 0 Å². The van der Waals surface area contributed by atoms with Crippen LogP contribution in [0.25, 0.3) is 0 Å². The summed E-state index contributed by atoms with van der Waals surface area (Å²) in [5.41, 5.74) is 8.06. The van der Waals surface area contributed by atoms with Gasteiger partial charge in [0.25, 0.3) is 0 Å². The topological polar surface area (TPSA) is 60.2 Å². The molecule has 1 aliphatic heterocycles. The molecular weight excluding hydrogens is 210 g/mol. The zero-order valence-electron chi connectivity index (χ0n) is 8.68. The Labute approximate surface area is 90.2 Å². The van der Waals surface area contributed by atoms with Gasteiger partial charge >= 0.3 is 0 Å². The van der Waals surface area contributed by atoms with Gasteiger partial charge in [0.1, 0.15) is 0 Å². The second-order valence-corrected chi connectivity index (χ2v) is 6.41. The smallest absolute Gasteiger partial charge is 0.152 e. The van der Waals surface area contributed by atoms with E-state index in [0.29, 0.717) is 0 Å². The lowest BCUT2D eigenvalue weighted by Gasteiger charge is -2.13. The van der Waals surface area contributed by atoms with E-state index < -0.39 is 9.84 Å². The molecule has 2 unspecified atom stereocenters. The van der Waals surface area contributed by atoms with Crippen LogP contribution < -0.4 is 5.73 Å². The highest BCUT2D eigenvalue weighted by Gasteiger charge is 2.35. The van der Waals surface area contributed by atoms with Crippen LogP contribution in [0.3, 0.4) is 0 Å². The highest BCUT2D eigenvalue weighted by molar-refractivity contribution is 7.91. The van der Waals surface area contributed by atoms with Gasteiger partial charge in [-0.25, -0.2) is 8.42 Å². The molecule has 0 radical (unpaired) electrons. The van der Waals surface area contributed by atoms with Gasteiger partial charge in [0.2, 0.25) is 0 Å². The predicted molar refractivity (Wildman–Crippen MR) is 60.5 cm³/mol. The van der Waals surface area contributed by atoms with Crippen LogP contribution in [0.1, 0.15) is 17.0 Å². The average Bonchev–Trinajstić information content (AvgIpc) is 2.41. The lowest BCUT2D eigenvalue weighted by Crippen LogP contribution is -2.27. The Balaban J connectivity index is 2.29. The van der Waals surface area contributed by atoms with Crippen molar-refractivity contribution in [1.29, 1.82) is 0 Å². The van der Waals surface area contributed by atoms with Crippen LogP contribution in [-0.2, 0) is 9.84 Å². The average molecular weight is 225 g/mol. The molecule has 1 aromatic rings. The number of hydrogen-bond acceptors (Lipinski definition) is 3. The van der Waals surface area contributed by atoms with Gasteiger partial charge in [0.05, 0.1) is 11.5 Å². The van der Waals surface area contributed by atoms with Crippen molar-refractivity contribution in [3.8, 4) is 0 Å². The molecule has 1 aliphatic rings. The molecule has 0 bridgehead atoms. The summed E-state index contributed by atoms with van der Waals surface area (Å²) in [5.74, 6) is 0.276. The summed E-state index contributed by atoms with van der Waals surface area (Å²) in [6.07, 6.45) is 0. The number of sulfone groups is 1. The third kappa shape index (κ3) is 2.21. The Kier molecular flexibility index (Phi) is 2.56. The molecule has 3 nitrogen and oxygen atoms in total. The molecule has 0 saturated carbocycles. The molecule has 0 amide bonds. The molecule has 1 heterocycles. The summed E-state index contributed by atoms with van der Waals surface area (Å²) in [4.78, 5) is 0. The largest absolute Gasteiger partial charge is 0.326 e. The minimum Gasteiger partial charge on any atom is -0.326 e. The summed E-state index contributed by atoms with van der Waals surface area (Å²) in [6.45, 7) is 2.01. The summed E-state index contributed by atoms with van der Waals surface area (Å²) >= 11 is 0. The predicted octanol–water partition coefficient (Wildman–Crippen LogP) is 0.834. The maximum atomic E-state index is 11.4. The monoisotopic (exact) mass is 225 g/mol. The van der Waals surface area contributed by atoms with Gasteiger partial charge in [0, 0.05) is 12.0 Å². The third-order valence-corrected chi connectivity index (χ3v) is 4.66. The maximum absolute atomic E-state index is 11.4. The van der Waals surface area contributed by atoms with E-state index in [9.17, 15) is 8.42 Å². The Bertz CT molecular complexity index is 450. The van der Waals surface area contributed by atoms with Crippen molar-refractivity contribution in [1.82, 2.24) is 0 Å². The molecule has 1 fully saturated rings. The molecule has 4 heteroatoms. The molecule has 2 atom stereocenters.